The fraction of sp³-hybridized carbons (Fsp3) is 0.381. The Morgan fingerprint density at radius 1 is 1.16 bits per heavy atom. The number of ether oxygens (including phenoxy) is 1. The number of nitriles is 1. The number of para-hydroxylation sites is 1. The van der Waals surface area contributed by atoms with E-state index in [1.807, 2.05) is 36.4 Å². The Hall–Kier alpha value is -2.35. The van der Waals surface area contributed by atoms with E-state index in [4.69, 9.17) is 9.57 Å². The standard InChI is InChI=1S/C21H22N2O2/c1-14(2)15-8-10-16(11-9-15)20-21(12-22)13-24-18-7-5-4-6-17(18)19(21)23(3)25-20/h4-11,14,19-20H,13H2,1-3H3/t19-,20-,21+/m0/s1. The quantitative estimate of drug-likeness (QED) is 0.818. The second-order valence-electron chi connectivity index (χ2n) is 7.23. The van der Waals surface area contributed by atoms with Gasteiger partial charge < -0.3 is 4.74 Å². The van der Waals surface area contributed by atoms with E-state index in [1.54, 1.807) is 0 Å². The average molecular weight is 334 g/mol. The highest BCUT2D eigenvalue weighted by Crippen LogP contribution is 2.58. The molecule has 4 nitrogen and oxygen atoms in total. The van der Waals surface area contributed by atoms with E-state index in [0.717, 1.165) is 16.9 Å². The smallest absolute Gasteiger partial charge is 0.145 e. The van der Waals surface area contributed by atoms with Gasteiger partial charge in [0.1, 0.15) is 23.9 Å². The molecule has 0 saturated carbocycles. The molecule has 2 aliphatic heterocycles. The van der Waals surface area contributed by atoms with Gasteiger partial charge in [0.05, 0.1) is 12.1 Å². The lowest BCUT2D eigenvalue weighted by atomic mass is 9.71. The normalized spacial score (nSPS) is 28.1. The third-order valence-electron chi connectivity index (χ3n) is 5.39. The molecule has 2 heterocycles. The van der Waals surface area contributed by atoms with Crippen molar-refractivity contribution in [3.8, 4) is 11.8 Å². The van der Waals surface area contributed by atoms with Crippen LogP contribution in [-0.4, -0.2) is 18.7 Å². The summed E-state index contributed by atoms with van der Waals surface area (Å²) in [5, 5.41) is 12.0. The van der Waals surface area contributed by atoms with E-state index in [9.17, 15) is 5.26 Å². The summed E-state index contributed by atoms with van der Waals surface area (Å²) >= 11 is 0. The zero-order valence-corrected chi connectivity index (χ0v) is 14.8. The third-order valence-corrected chi connectivity index (χ3v) is 5.39. The topological polar surface area (TPSA) is 45.5 Å². The highest BCUT2D eigenvalue weighted by molar-refractivity contribution is 5.43. The van der Waals surface area contributed by atoms with Crippen LogP contribution in [0.15, 0.2) is 48.5 Å². The Morgan fingerprint density at radius 3 is 2.56 bits per heavy atom. The molecular formula is C21H22N2O2. The van der Waals surface area contributed by atoms with Crippen LogP contribution in [0.4, 0.5) is 0 Å². The van der Waals surface area contributed by atoms with Crippen molar-refractivity contribution < 1.29 is 9.57 Å². The Bertz CT molecular complexity index is 825. The molecule has 4 rings (SSSR count). The molecule has 0 N–H and O–H groups in total. The van der Waals surface area contributed by atoms with Gasteiger partial charge >= 0.3 is 0 Å². The van der Waals surface area contributed by atoms with Crippen LogP contribution in [0, 0.1) is 16.7 Å². The van der Waals surface area contributed by atoms with Crippen LogP contribution in [0.2, 0.25) is 0 Å². The average Bonchev–Trinajstić information content (AvgIpc) is 2.95. The summed E-state index contributed by atoms with van der Waals surface area (Å²) in [7, 11) is 1.90. The summed E-state index contributed by atoms with van der Waals surface area (Å²) < 4.78 is 5.96. The van der Waals surface area contributed by atoms with Crippen molar-refractivity contribution in [3.63, 3.8) is 0 Å². The molecule has 0 bridgehead atoms. The maximum atomic E-state index is 10.1. The molecule has 1 fully saturated rings. The van der Waals surface area contributed by atoms with Crippen molar-refractivity contribution >= 4 is 0 Å². The number of fused-ring (bicyclic) bond motifs is 3. The molecule has 25 heavy (non-hydrogen) atoms. The van der Waals surface area contributed by atoms with E-state index in [1.165, 1.54) is 5.56 Å². The third kappa shape index (κ3) is 2.35. The van der Waals surface area contributed by atoms with Gasteiger partial charge in [0.2, 0.25) is 0 Å². The molecule has 2 aromatic carbocycles. The summed E-state index contributed by atoms with van der Waals surface area (Å²) in [6.07, 6.45) is -0.345. The summed E-state index contributed by atoms with van der Waals surface area (Å²) in [6.45, 7) is 4.67. The zero-order valence-electron chi connectivity index (χ0n) is 14.8. The molecule has 0 radical (unpaired) electrons. The lowest BCUT2D eigenvalue weighted by Gasteiger charge is -2.37. The molecule has 4 heteroatoms. The minimum Gasteiger partial charge on any atom is -0.491 e. The van der Waals surface area contributed by atoms with Gasteiger partial charge in [-0.3, -0.25) is 4.84 Å². The van der Waals surface area contributed by atoms with Gasteiger partial charge in [0, 0.05) is 12.6 Å². The SMILES string of the molecule is CC(C)c1ccc([C@@H]2ON(C)[C@H]3c4ccccc4OC[C@]32C#N)cc1. The van der Waals surface area contributed by atoms with Crippen LogP contribution in [0.3, 0.4) is 0 Å². The molecule has 0 unspecified atom stereocenters. The van der Waals surface area contributed by atoms with Crippen molar-refractivity contribution in [2.45, 2.75) is 31.9 Å². The molecule has 3 atom stereocenters. The summed E-state index contributed by atoms with van der Waals surface area (Å²) in [5.41, 5.74) is 2.55. The van der Waals surface area contributed by atoms with Crippen molar-refractivity contribution in [2.24, 2.45) is 5.41 Å². The van der Waals surface area contributed by atoms with Gasteiger partial charge in [-0.1, -0.05) is 56.3 Å². The lowest BCUT2D eigenvalue weighted by Crippen LogP contribution is -2.40. The van der Waals surface area contributed by atoms with Gasteiger partial charge in [-0.15, -0.1) is 0 Å². The van der Waals surface area contributed by atoms with Gasteiger partial charge in [-0.2, -0.15) is 10.3 Å². The highest BCUT2D eigenvalue weighted by Gasteiger charge is 2.60. The van der Waals surface area contributed by atoms with Gasteiger partial charge in [-0.05, 0) is 23.1 Å². The first-order chi connectivity index (χ1) is 12.1. The fourth-order valence-corrected chi connectivity index (χ4v) is 4.02. The Kier molecular flexibility index (Phi) is 3.79. The fourth-order valence-electron chi connectivity index (χ4n) is 4.02. The number of rotatable bonds is 2. The molecule has 128 valence electrons. The Balaban J connectivity index is 1.78. The van der Waals surface area contributed by atoms with E-state index in [2.05, 4.69) is 44.2 Å². The number of nitrogens with zero attached hydrogens (tertiary/aromatic N) is 2. The van der Waals surface area contributed by atoms with Crippen LogP contribution in [0.5, 0.6) is 5.75 Å². The van der Waals surface area contributed by atoms with Crippen molar-refractivity contribution in [2.75, 3.05) is 13.7 Å². The van der Waals surface area contributed by atoms with Crippen molar-refractivity contribution in [1.29, 1.82) is 5.26 Å². The molecule has 0 aliphatic carbocycles. The molecular weight excluding hydrogens is 312 g/mol. The number of hydroxylamine groups is 2. The number of hydrogen-bond donors (Lipinski definition) is 0. The Labute approximate surface area is 148 Å². The molecule has 2 aliphatic rings. The van der Waals surface area contributed by atoms with E-state index >= 15 is 0 Å². The van der Waals surface area contributed by atoms with Gasteiger partial charge in [0.15, 0.2) is 0 Å². The van der Waals surface area contributed by atoms with E-state index in [-0.39, 0.29) is 12.1 Å². The minimum absolute atomic E-state index is 0.141. The van der Waals surface area contributed by atoms with Crippen LogP contribution in [0.25, 0.3) is 0 Å². The zero-order chi connectivity index (χ0) is 17.6. The lowest BCUT2D eigenvalue weighted by molar-refractivity contribution is -0.147. The molecule has 2 aromatic rings. The van der Waals surface area contributed by atoms with E-state index in [0.29, 0.717) is 12.5 Å². The van der Waals surface area contributed by atoms with Crippen molar-refractivity contribution in [1.82, 2.24) is 5.06 Å². The monoisotopic (exact) mass is 334 g/mol. The number of hydrogen-bond acceptors (Lipinski definition) is 4. The maximum absolute atomic E-state index is 10.1. The first kappa shape index (κ1) is 16.1. The maximum Gasteiger partial charge on any atom is 0.145 e. The predicted molar refractivity (Wildman–Crippen MR) is 94.8 cm³/mol. The van der Waals surface area contributed by atoms with Gasteiger partial charge in [-0.25, -0.2) is 0 Å². The Morgan fingerprint density at radius 2 is 1.88 bits per heavy atom. The molecule has 0 aromatic heterocycles. The van der Waals surface area contributed by atoms with Gasteiger partial charge in [0.25, 0.3) is 0 Å². The number of benzene rings is 2. The van der Waals surface area contributed by atoms with Crippen LogP contribution >= 0.6 is 0 Å². The van der Waals surface area contributed by atoms with Crippen LogP contribution in [-0.2, 0) is 4.84 Å². The molecule has 0 spiro atoms. The minimum atomic E-state index is -0.761. The molecule has 0 amide bonds. The first-order valence-corrected chi connectivity index (χ1v) is 8.69. The molecule has 1 saturated heterocycles. The van der Waals surface area contributed by atoms with Crippen LogP contribution in [0.1, 0.15) is 48.6 Å². The highest BCUT2D eigenvalue weighted by atomic mass is 16.7. The van der Waals surface area contributed by atoms with Crippen LogP contribution < -0.4 is 4.74 Å². The van der Waals surface area contributed by atoms with E-state index < -0.39 is 5.41 Å². The second kappa shape index (κ2) is 5.87. The predicted octanol–water partition coefficient (Wildman–Crippen LogP) is 4.37. The summed E-state index contributed by atoms with van der Waals surface area (Å²) in [5.74, 6) is 1.31. The largest absolute Gasteiger partial charge is 0.491 e. The second-order valence-corrected chi connectivity index (χ2v) is 7.23. The first-order valence-electron chi connectivity index (χ1n) is 8.69. The summed E-state index contributed by atoms with van der Waals surface area (Å²) in [6, 6.07) is 18.7. The van der Waals surface area contributed by atoms with Crippen molar-refractivity contribution in [3.05, 3.63) is 65.2 Å². The summed E-state index contributed by atoms with van der Waals surface area (Å²) in [4.78, 5) is 6.18.